The van der Waals surface area contributed by atoms with E-state index in [1.54, 1.807) is 25.4 Å². The number of aromatic nitrogens is 1. The number of hydrogen-bond acceptors (Lipinski definition) is 2. The molecule has 0 aliphatic rings. The van der Waals surface area contributed by atoms with Crippen LogP contribution in [-0.2, 0) is 0 Å². The first-order chi connectivity index (χ1) is 5.38. The van der Waals surface area contributed by atoms with Crippen LogP contribution in [0, 0.1) is 11.3 Å². The molecule has 0 fully saturated rings. The van der Waals surface area contributed by atoms with Crippen molar-refractivity contribution >= 4 is 6.08 Å². The Bertz CT molecular complexity index is 293. The van der Waals surface area contributed by atoms with Gasteiger partial charge in [0.1, 0.15) is 5.75 Å². The highest BCUT2D eigenvalue weighted by atomic mass is 16.5. The first kappa shape index (κ1) is 7.42. The van der Waals surface area contributed by atoms with Crippen LogP contribution in [-0.4, -0.2) is 12.1 Å². The summed E-state index contributed by atoms with van der Waals surface area (Å²) >= 11 is 0. The maximum absolute atomic E-state index is 8.24. The molecule has 0 bridgehead atoms. The summed E-state index contributed by atoms with van der Waals surface area (Å²) in [6.07, 6.45) is 4.82. The van der Waals surface area contributed by atoms with Crippen molar-refractivity contribution in [2.24, 2.45) is 0 Å². The quantitative estimate of drug-likeness (QED) is 0.647. The van der Waals surface area contributed by atoms with Crippen LogP contribution in [0.5, 0.6) is 5.75 Å². The van der Waals surface area contributed by atoms with E-state index in [-0.39, 0.29) is 0 Å². The number of rotatable bonds is 2. The van der Waals surface area contributed by atoms with Crippen molar-refractivity contribution in [1.29, 1.82) is 5.26 Å². The zero-order chi connectivity index (χ0) is 8.10. The number of hydrogen-bond donors (Lipinski definition) is 1. The number of ether oxygens (including phenoxy) is 1. The lowest BCUT2D eigenvalue weighted by molar-refractivity contribution is 0.414. The number of H-pyrrole nitrogens is 1. The first-order valence-corrected chi connectivity index (χ1v) is 3.16. The van der Waals surface area contributed by atoms with Gasteiger partial charge < -0.3 is 9.72 Å². The molecule has 0 aromatic carbocycles. The molecule has 3 heteroatoms. The van der Waals surface area contributed by atoms with Crippen molar-refractivity contribution in [1.82, 2.24) is 4.98 Å². The number of nitriles is 1. The van der Waals surface area contributed by atoms with Crippen LogP contribution in [0.1, 0.15) is 5.69 Å². The molecule has 0 aliphatic heterocycles. The van der Waals surface area contributed by atoms with Crippen LogP contribution in [0.3, 0.4) is 0 Å². The highest BCUT2D eigenvalue weighted by molar-refractivity contribution is 5.55. The fraction of sp³-hybridized carbons (Fsp3) is 0.125. The molecule has 0 saturated carbocycles. The molecule has 0 saturated heterocycles. The summed E-state index contributed by atoms with van der Waals surface area (Å²) in [5.41, 5.74) is 0.814. The SMILES string of the molecule is COc1cc[nH]c1/C=C/C#N. The van der Waals surface area contributed by atoms with Gasteiger partial charge in [-0.05, 0) is 12.1 Å². The van der Waals surface area contributed by atoms with E-state index in [1.807, 2.05) is 6.07 Å². The fourth-order valence-corrected chi connectivity index (χ4v) is 0.797. The molecule has 1 rings (SSSR count). The highest BCUT2D eigenvalue weighted by Gasteiger charge is 1.97. The third-order valence-corrected chi connectivity index (χ3v) is 1.28. The predicted octanol–water partition coefficient (Wildman–Crippen LogP) is 1.56. The molecule has 56 valence electrons. The zero-order valence-corrected chi connectivity index (χ0v) is 6.16. The molecule has 1 heterocycles. The first-order valence-electron chi connectivity index (χ1n) is 3.16. The number of methoxy groups -OCH3 is 1. The second-order valence-corrected chi connectivity index (χ2v) is 1.92. The Hall–Kier alpha value is -1.69. The molecule has 0 unspecified atom stereocenters. The van der Waals surface area contributed by atoms with Gasteiger partial charge in [0.15, 0.2) is 0 Å². The Morgan fingerprint density at radius 1 is 1.73 bits per heavy atom. The minimum Gasteiger partial charge on any atom is -0.495 e. The number of aromatic amines is 1. The minimum atomic E-state index is 0.747. The average Bonchev–Trinajstić information content (AvgIpc) is 2.47. The van der Waals surface area contributed by atoms with Gasteiger partial charge in [0, 0.05) is 12.3 Å². The molecular formula is C8H8N2O. The van der Waals surface area contributed by atoms with Gasteiger partial charge in [0.2, 0.25) is 0 Å². The molecule has 0 spiro atoms. The van der Waals surface area contributed by atoms with Gasteiger partial charge in [-0.15, -0.1) is 0 Å². The van der Waals surface area contributed by atoms with Crippen LogP contribution in [0.25, 0.3) is 6.08 Å². The summed E-state index contributed by atoms with van der Waals surface area (Å²) < 4.78 is 4.99. The largest absolute Gasteiger partial charge is 0.495 e. The van der Waals surface area contributed by atoms with Crippen molar-refractivity contribution in [3.8, 4) is 11.8 Å². The average molecular weight is 148 g/mol. The van der Waals surface area contributed by atoms with Gasteiger partial charge in [0.25, 0.3) is 0 Å². The molecule has 1 N–H and O–H groups in total. The standard InChI is InChI=1S/C8H8N2O/c1-11-8-4-6-10-7(8)3-2-5-9/h2-4,6,10H,1H3/b3-2+. The van der Waals surface area contributed by atoms with Crippen LogP contribution < -0.4 is 4.74 Å². The minimum absolute atomic E-state index is 0.747. The Labute approximate surface area is 64.9 Å². The number of nitrogens with one attached hydrogen (secondary N) is 1. The summed E-state index contributed by atoms with van der Waals surface area (Å²) in [6.45, 7) is 0. The van der Waals surface area contributed by atoms with E-state index in [0.29, 0.717) is 0 Å². The van der Waals surface area contributed by atoms with Crippen LogP contribution in [0.2, 0.25) is 0 Å². The summed E-state index contributed by atoms with van der Waals surface area (Å²) in [5, 5.41) is 8.24. The second-order valence-electron chi connectivity index (χ2n) is 1.92. The van der Waals surface area contributed by atoms with Gasteiger partial charge >= 0.3 is 0 Å². The van der Waals surface area contributed by atoms with Gasteiger partial charge in [-0.2, -0.15) is 5.26 Å². The Balaban J connectivity index is 2.86. The van der Waals surface area contributed by atoms with E-state index < -0.39 is 0 Å². The van der Waals surface area contributed by atoms with Gasteiger partial charge in [-0.25, -0.2) is 0 Å². The van der Waals surface area contributed by atoms with Gasteiger partial charge in [-0.1, -0.05) is 0 Å². The predicted molar refractivity (Wildman–Crippen MR) is 42.0 cm³/mol. The lowest BCUT2D eigenvalue weighted by Crippen LogP contribution is -1.81. The van der Waals surface area contributed by atoms with Crippen molar-refractivity contribution in [2.75, 3.05) is 7.11 Å². The number of nitrogens with zero attached hydrogens (tertiary/aromatic N) is 1. The number of allylic oxidation sites excluding steroid dienone is 1. The summed E-state index contributed by atoms with van der Waals surface area (Å²) in [5.74, 6) is 0.747. The van der Waals surface area contributed by atoms with Crippen molar-refractivity contribution in [3.05, 3.63) is 24.0 Å². The maximum Gasteiger partial charge on any atom is 0.143 e. The Morgan fingerprint density at radius 2 is 2.55 bits per heavy atom. The molecule has 1 aromatic heterocycles. The lowest BCUT2D eigenvalue weighted by Gasteiger charge is -1.94. The van der Waals surface area contributed by atoms with E-state index in [2.05, 4.69) is 4.98 Å². The highest BCUT2D eigenvalue weighted by Crippen LogP contribution is 2.16. The van der Waals surface area contributed by atoms with Crippen LogP contribution in [0.4, 0.5) is 0 Å². The molecule has 11 heavy (non-hydrogen) atoms. The maximum atomic E-state index is 8.24. The third-order valence-electron chi connectivity index (χ3n) is 1.28. The molecule has 3 nitrogen and oxygen atoms in total. The van der Waals surface area contributed by atoms with E-state index in [4.69, 9.17) is 10.00 Å². The fourth-order valence-electron chi connectivity index (χ4n) is 0.797. The summed E-state index contributed by atoms with van der Waals surface area (Å²) in [4.78, 5) is 2.93. The zero-order valence-electron chi connectivity index (χ0n) is 6.16. The lowest BCUT2D eigenvalue weighted by atomic mass is 10.3. The van der Waals surface area contributed by atoms with Gasteiger partial charge in [0.05, 0.1) is 18.9 Å². The Kier molecular flexibility index (Phi) is 2.34. The molecule has 0 atom stereocenters. The summed E-state index contributed by atoms with van der Waals surface area (Å²) in [6, 6.07) is 3.70. The third kappa shape index (κ3) is 1.62. The molecule has 0 amide bonds. The van der Waals surface area contributed by atoms with Crippen molar-refractivity contribution in [2.45, 2.75) is 0 Å². The van der Waals surface area contributed by atoms with Crippen molar-refractivity contribution in [3.63, 3.8) is 0 Å². The van der Waals surface area contributed by atoms with E-state index in [1.165, 1.54) is 6.08 Å². The van der Waals surface area contributed by atoms with Crippen molar-refractivity contribution < 1.29 is 4.74 Å². The van der Waals surface area contributed by atoms with E-state index in [9.17, 15) is 0 Å². The smallest absolute Gasteiger partial charge is 0.143 e. The van der Waals surface area contributed by atoms with E-state index >= 15 is 0 Å². The summed E-state index contributed by atoms with van der Waals surface area (Å²) in [7, 11) is 1.59. The molecular weight excluding hydrogens is 140 g/mol. The van der Waals surface area contributed by atoms with Gasteiger partial charge in [-0.3, -0.25) is 0 Å². The molecule has 1 aromatic rings. The van der Waals surface area contributed by atoms with E-state index in [0.717, 1.165) is 11.4 Å². The topological polar surface area (TPSA) is 48.8 Å². The monoisotopic (exact) mass is 148 g/mol. The second kappa shape index (κ2) is 3.47. The molecule has 0 radical (unpaired) electrons. The Morgan fingerprint density at radius 3 is 3.18 bits per heavy atom. The molecule has 0 aliphatic carbocycles. The van der Waals surface area contributed by atoms with Crippen LogP contribution in [0.15, 0.2) is 18.3 Å². The normalized spacial score (nSPS) is 9.82. The van der Waals surface area contributed by atoms with Crippen LogP contribution >= 0.6 is 0 Å².